The smallest absolute Gasteiger partial charge is 0.0720 e. The van der Waals surface area contributed by atoms with Gasteiger partial charge in [-0.05, 0) is 42.1 Å². The highest BCUT2D eigenvalue weighted by Gasteiger charge is 2.26. The molecule has 1 N–H and O–H groups in total. The third-order valence-electron chi connectivity index (χ3n) is 3.61. The predicted octanol–water partition coefficient (Wildman–Crippen LogP) is 2.18. The van der Waals surface area contributed by atoms with Gasteiger partial charge in [-0.1, -0.05) is 12.1 Å². The number of ether oxygens (including phenoxy) is 1. The zero-order valence-corrected chi connectivity index (χ0v) is 10.4. The summed E-state index contributed by atoms with van der Waals surface area (Å²) in [7, 11) is 0. The number of hydrogen-bond acceptors (Lipinski definition) is 2. The Morgan fingerprint density at radius 2 is 2.25 bits per heavy atom. The van der Waals surface area contributed by atoms with Crippen LogP contribution in [0.3, 0.4) is 0 Å². The van der Waals surface area contributed by atoms with Gasteiger partial charge in [0, 0.05) is 12.5 Å². The van der Waals surface area contributed by atoms with Crippen LogP contribution < -0.4 is 5.32 Å². The van der Waals surface area contributed by atoms with E-state index in [1.165, 1.54) is 17.5 Å². The molecule has 16 heavy (non-hydrogen) atoms. The maximum Gasteiger partial charge on any atom is 0.0720 e. The zero-order chi connectivity index (χ0) is 10.3. The van der Waals surface area contributed by atoms with Gasteiger partial charge in [0.2, 0.25) is 0 Å². The fraction of sp³-hybridized carbons (Fsp3) is 0.538. The molecule has 0 saturated carbocycles. The highest BCUT2D eigenvalue weighted by atomic mass is 35.5. The Balaban J connectivity index is 0.000000963. The quantitative estimate of drug-likeness (QED) is 0.749. The van der Waals surface area contributed by atoms with E-state index < -0.39 is 0 Å². The third-order valence-corrected chi connectivity index (χ3v) is 3.61. The lowest BCUT2D eigenvalue weighted by Crippen LogP contribution is -2.26. The van der Waals surface area contributed by atoms with Crippen molar-refractivity contribution in [3.63, 3.8) is 0 Å². The molecule has 0 aromatic heterocycles. The first kappa shape index (κ1) is 11.9. The average molecular weight is 240 g/mol. The second kappa shape index (κ2) is 4.74. The van der Waals surface area contributed by atoms with Crippen molar-refractivity contribution in [2.45, 2.75) is 25.9 Å². The first-order valence-electron chi connectivity index (χ1n) is 5.76. The van der Waals surface area contributed by atoms with Crippen LogP contribution in [-0.2, 0) is 17.8 Å². The van der Waals surface area contributed by atoms with Gasteiger partial charge in [-0.2, -0.15) is 0 Å². The van der Waals surface area contributed by atoms with Crippen LogP contribution in [0.5, 0.6) is 0 Å². The van der Waals surface area contributed by atoms with Crippen molar-refractivity contribution in [3.05, 3.63) is 34.4 Å². The van der Waals surface area contributed by atoms with E-state index in [-0.39, 0.29) is 12.4 Å². The standard InChI is InChI=1S/C13H17NO.ClH/c1-9-2-3-10-7-15-8-11-6-14-5-4-12(9)13(10)11;/h2-3,11,14H,4-8H2,1H3;1H. The van der Waals surface area contributed by atoms with E-state index in [2.05, 4.69) is 24.4 Å². The number of benzene rings is 1. The SMILES string of the molecule is Cc1ccc2c3c1CCNCC3COC2.Cl. The van der Waals surface area contributed by atoms with Crippen molar-refractivity contribution in [2.24, 2.45) is 0 Å². The van der Waals surface area contributed by atoms with Crippen molar-refractivity contribution in [1.82, 2.24) is 5.32 Å². The van der Waals surface area contributed by atoms with Crippen LogP contribution in [0.15, 0.2) is 12.1 Å². The van der Waals surface area contributed by atoms with E-state index >= 15 is 0 Å². The Bertz CT molecular complexity index is 392. The molecule has 2 heterocycles. The first-order valence-corrected chi connectivity index (χ1v) is 5.76. The van der Waals surface area contributed by atoms with Gasteiger partial charge in [-0.15, -0.1) is 12.4 Å². The van der Waals surface area contributed by atoms with Crippen LogP contribution >= 0.6 is 12.4 Å². The normalized spacial score (nSPS) is 22.9. The van der Waals surface area contributed by atoms with Gasteiger partial charge < -0.3 is 10.1 Å². The Hall–Kier alpha value is -0.570. The van der Waals surface area contributed by atoms with Crippen LogP contribution in [0.25, 0.3) is 0 Å². The number of nitrogens with one attached hydrogen (secondary N) is 1. The minimum atomic E-state index is 0. The van der Waals surface area contributed by atoms with E-state index in [9.17, 15) is 0 Å². The van der Waals surface area contributed by atoms with Crippen molar-refractivity contribution >= 4 is 12.4 Å². The van der Waals surface area contributed by atoms with E-state index in [1.54, 1.807) is 11.1 Å². The molecule has 3 heteroatoms. The van der Waals surface area contributed by atoms with Crippen LogP contribution in [0, 0.1) is 6.92 Å². The lowest BCUT2D eigenvalue weighted by atomic mass is 9.86. The highest BCUT2D eigenvalue weighted by molar-refractivity contribution is 5.85. The minimum absolute atomic E-state index is 0. The molecule has 1 unspecified atom stereocenters. The van der Waals surface area contributed by atoms with E-state index in [1.807, 2.05) is 0 Å². The Morgan fingerprint density at radius 3 is 3.12 bits per heavy atom. The van der Waals surface area contributed by atoms with E-state index in [4.69, 9.17) is 4.74 Å². The van der Waals surface area contributed by atoms with Crippen LogP contribution in [0.4, 0.5) is 0 Å². The van der Waals surface area contributed by atoms with E-state index in [0.717, 1.165) is 26.3 Å². The number of halogens is 1. The van der Waals surface area contributed by atoms with Crippen molar-refractivity contribution in [1.29, 1.82) is 0 Å². The van der Waals surface area contributed by atoms with E-state index in [0.29, 0.717) is 5.92 Å². The molecular formula is C13H18ClNO. The molecule has 0 bridgehead atoms. The lowest BCUT2D eigenvalue weighted by molar-refractivity contribution is 0.0913. The van der Waals surface area contributed by atoms with Crippen molar-refractivity contribution in [3.8, 4) is 0 Å². The summed E-state index contributed by atoms with van der Waals surface area (Å²) in [5.41, 5.74) is 6.02. The van der Waals surface area contributed by atoms with Crippen LogP contribution in [0.1, 0.15) is 28.2 Å². The van der Waals surface area contributed by atoms with Gasteiger partial charge in [0.1, 0.15) is 0 Å². The van der Waals surface area contributed by atoms with Gasteiger partial charge >= 0.3 is 0 Å². The summed E-state index contributed by atoms with van der Waals surface area (Å²) in [6.07, 6.45) is 1.17. The summed E-state index contributed by atoms with van der Waals surface area (Å²) in [6.45, 7) is 6.10. The highest BCUT2D eigenvalue weighted by Crippen LogP contribution is 2.32. The molecule has 0 spiro atoms. The number of hydrogen-bond donors (Lipinski definition) is 1. The largest absolute Gasteiger partial charge is 0.376 e. The monoisotopic (exact) mass is 239 g/mol. The van der Waals surface area contributed by atoms with Crippen molar-refractivity contribution < 1.29 is 4.74 Å². The van der Waals surface area contributed by atoms with Crippen molar-refractivity contribution in [2.75, 3.05) is 19.7 Å². The first-order chi connectivity index (χ1) is 7.36. The molecule has 2 aliphatic heterocycles. The maximum atomic E-state index is 5.64. The molecule has 88 valence electrons. The minimum Gasteiger partial charge on any atom is -0.376 e. The van der Waals surface area contributed by atoms with Gasteiger partial charge in [0.25, 0.3) is 0 Å². The molecule has 0 radical (unpaired) electrons. The van der Waals surface area contributed by atoms with Gasteiger partial charge in [-0.25, -0.2) is 0 Å². The van der Waals surface area contributed by atoms with Gasteiger partial charge in [0.05, 0.1) is 13.2 Å². The summed E-state index contributed by atoms with van der Waals surface area (Å²) >= 11 is 0. The predicted molar refractivity (Wildman–Crippen MR) is 67.4 cm³/mol. The summed E-state index contributed by atoms with van der Waals surface area (Å²) < 4.78 is 5.64. The molecule has 3 rings (SSSR count). The molecule has 0 saturated heterocycles. The second-order valence-electron chi connectivity index (χ2n) is 4.60. The number of rotatable bonds is 0. The van der Waals surface area contributed by atoms with Gasteiger partial charge in [-0.3, -0.25) is 0 Å². The third kappa shape index (κ3) is 1.86. The lowest BCUT2D eigenvalue weighted by Gasteiger charge is -2.27. The number of aryl methyl sites for hydroxylation is 1. The molecule has 1 aromatic rings. The molecule has 0 amide bonds. The molecule has 2 nitrogen and oxygen atoms in total. The average Bonchev–Trinajstić information content (AvgIpc) is 2.48. The summed E-state index contributed by atoms with van der Waals surface area (Å²) in [5.74, 6) is 0.575. The van der Waals surface area contributed by atoms with Crippen LogP contribution in [-0.4, -0.2) is 19.7 Å². The molecule has 0 aliphatic carbocycles. The summed E-state index contributed by atoms with van der Waals surface area (Å²) in [4.78, 5) is 0. The topological polar surface area (TPSA) is 21.3 Å². The molecule has 1 atom stereocenters. The molecule has 0 fully saturated rings. The Kier molecular flexibility index (Phi) is 3.53. The summed E-state index contributed by atoms with van der Waals surface area (Å²) in [6, 6.07) is 4.48. The molecule has 1 aromatic carbocycles. The second-order valence-corrected chi connectivity index (χ2v) is 4.60. The summed E-state index contributed by atoms with van der Waals surface area (Å²) in [5, 5.41) is 3.50. The molecule has 2 aliphatic rings. The fourth-order valence-electron chi connectivity index (χ4n) is 2.83. The zero-order valence-electron chi connectivity index (χ0n) is 9.58. The van der Waals surface area contributed by atoms with Crippen LogP contribution in [0.2, 0.25) is 0 Å². The Labute approximate surface area is 103 Å². The maximum absolute atomic E-state index is 5.64. The fourth-order valence-corrected chi connectivity index (χ4v) is 2.83. The Morgan fingerprint density at radius 1 is 1.38 bits per heavy atom. The van der Waals surface area contributed by atoms with Gasteiger partial charge in [0.15, 0.2) is 0 Å². The molecular weight excluding hydrogens is 222 g/mol.